The van der Waals surface area contributed by atoms with Crippen molar-refractivity contribution in [1.29, 1.82) is 0 Å². The molecule has 0 aromatic heterocycles. The number of likely N-dealkylation sites (N-methyl/N-ethyl adjacent to an activating group) is 1. The van der Waals surface area contributed by atoms with E-state index in [1.807, 2.05) is 18.2 Å². The average Bonchev–Trinajstić information content (AvgIpc) is 2.82. The highest BCUT2D eigenvalue weighted by molar-refractivity contribution is 7.80. The van der Waals surface area contributed by atoms with Gasteiger partial charge in [-0.15, -0.1) is 0 Å². The largest absolute Gasteiger partial charge is 0.375 e. The first-order chi connectivity index (χ1) is 16.4. The Balaban J connectivity index is 1.50. The van der Waals surface area contributed by atoms with Crippen molar-refractivity contribution in [3.05, 3.63) is 59.2 Å². The summed E-state index contributed by atoms with van der Waals surface area (Å²) in [7, 11) is 2.11. The van der Waals surface area contributed by atoms with E-state index in [2.05, 4.69) is 32.3 Å². The fraction of sp³-hybridized carbons (Fsp3) is 0.440. The highest BCUT2D eigenvalue weighted by atomic mass is 32.1. The van der Waals surface area contributed by atoms with E-state index in [-0.39, 0.29) is 16.7 Å². The Kier molecular flexibility index (Phi) is 7.95. The number of hydrogen-bond acceptors (Lipinski definition) is 5. The van der Waals surface area contributed by atoms with Gasteiger partial charge in [0.25, 0.3) is 0 Å². The Morgan fingerprint density at radius 1 is 1.03 bits per heavy atom. The second-order valence-corrected chi connectivity index (χ2v) is 9.59. The lowest BCUT2D eigenvalue weighted by Crippen LogP contribution is -2.45. The van der Waals surface area contributed by atoms with Crippen molar-refractivity contribution >= 4 is 34.9 Å². The summed E-state index contributed by atoms with van der Waals surface area (Å²) in [4.78, 5) is 6.71. The van der Waals surface area contributed by atoms with E-state index >= 15 is 4.39 Å². The minimum absolute atomic E-state index is 0.0676. The van der Waals surface area contributed by atoms with Crippen molar-refractivity contribution in [3.63, 3.8) is 0 Å². The lowest BCUT2D eigenvalue weighted by molar-refractivity contribution is 0.313. The number of hydrazone groups is 1. The van der Waals surface area contributed by atoms with Crippen LogP contribution in [0.5, 0.6) is 0 Å². The van der Waals surface area contributed by atoms with Crippen LogP contribution in [0, 0.1) is 17.6 Å². The summed E-state index contributed by atoms with van der Waals surface area (Å²) >= 11 is 4.81. The van der Waals surface area contributed by atoms with Gasteiger partial charge in [0, 0.05) is 50.5 Å². The van der Waals surface area contributed by atoms with Gasteiger partial charge in [0.1, 0.15) is 11.6 Å². The third kappa shape index (κ3) is 6.21. The van der Waals surface area contributed by atoms with Gasteiger partial charge < -0.3 is 20.4 Å². The Labute approximate surface area is 205 Å². The van der Waals surface area contributed by atoms with Gasteiger partial charge in [-0.2, -0.15) is 5.10 Å². The van der Waals surface area contributed by atoms with Crippen molar-refractivity contribution in [2.75, 3.05) is 56.1 Å². The fourth-order valence-corrected chi connectivity index (χ4v) is 4.78. The number of halogens is 2. The molecule has 2 aromatic rings. The van der Waals surface area contributed by atoms with Crippen LogP contribution in [0.3, 0.4) is 0 Å². The molecule has 6 nitrogen and oxygen atoms in total. The van der Waals surface area contributed by atoms with Crippen LogP contribution in [0.4, 0.5) is 20.2 Å². The summed E-state index contributed by atoms with van der Waals surface area (Å²) in [6, 6.07) is 10.3. The first-order valence-corrected chi connectivity index (χ1v) is 12.1. The molecule has 0 unspecified atom stereocenters. The van der Waals surface area contributed by atoms with Crippen LogP contribution >= 0.6 is 12.2 Å². The fourth-order valence-electron chi connectivity index (χ4n) is 4.73. The molecule has 2 aromatic carbocycles. The number of piperazine rings is 1. The minimum atomic E-state index is -0.258. The Hall–Kier alpha value is -2.78. The summed E-state index contributed by atoms with van der Waals surface area (Å²) in [6.07, 6.45) is 4.45. The summed E-state index contributed by atoms with van der Waals surface area (Å²) < 4.78 is 28.5. The first kappa shape index (κ1) is 24.3. The lowest BCUT2D eigenvalue weighted by atomic mass is 9.90. The standard InChI is InChI=1S/C25H32F2N6S/c1-31-10-12-33(13-11-31)23-16-24(22(27)15-20(23)17-29-30-25(28)34)32-8-6-19(7-9-32)14-18-2-4-21(26)5-3-18/h2-5,15-17,19H,6-14H2,1H3,(H3,28,30,34). The highest BCUT2D eigenvalue weighted by Gasteiger charge is 2.25. The lowest BCUT2D eigenvalue weighted by Gasteiger charge is -2.37. The van der Waals surface area contributed by atoms with Crippen molar-refractivity contribution in [2.24, 2.45) is 16.8 Å². The molecule has 0 radical (unpaired) electrons. The highest BCUT2D eigenvalue weighted by Crippen LogP contribution is 2.33. The van der Waals surface area contributed by atoms with Gasteiger partial charge in [0.2, 0.25) is 0 Å². The van der Waals surface area contributed by atoms with Crippen molar-refractivity contribution < 1.29 is 8.78 Å². The number of anilines is 2. The Morgan fingerprint density at radius 3 is 2.32 bits per heavy atom. The zero-order chi connectivity index (χ0) is 24.1. The molecule has 2 heterocycles. The van der Waals surface area contributed by atoms with Crippen LogP contribution in [0.25, 0.3) is 0 Å². The third-order valence-corrected chi connectivity index (χ3v) is 6.80. The van der Waals surface area contributed by atoms with Crippen LogP contribution in [-0.4, -0.2) is 62.5 Å². The Morgan fingerprint density at radius 2 is 1.68 bits per heavy atom. The van der Waals surface area contributed by atoms with Gasteiger partial charge in [-0.1, -0.05) is 12.1 Å². The molecule has 0 aliphatic carbocycles. The number of hydrogen-bond donors (Lipinski definition) is 2. The Bertz CT molecular complexity index is 1010. The number of benzene rings is 2. The van der Waals surface area contributed by atoms with Crippen LogP contribution in [-0.2, 0) is 6.42 Å². The van der Waals surface area contributed by atoms with Crippen molar-refractivity contribution in [1.82, 2.24) is 10.3 Å². The molecule has 34 heavy (non-hydrogen) atoms. The van der Waals surface area contributed by atoms with Gasteiger partial charge in [0.15, 0.2) is 5.11 Å². The van der Waals surface area contributed by atoms with Crippen LogP contribution in [0.1, 0.15) is 24.0 Å². The van der Waals surface area contributed by atoms with Crippen LogP contribution in [0.15, 0.2) is 41.5 Å². The van der Waals surface area contributed by atoms with E-state index in [1.54, 1.807) is 12.3 Å². The van der Waals surface area contributed by atoms with Crippen LogP contribution < -0.4 is 21.0 Å². The second-order valence-electron chi connectivity index (χ2n) is 9.15. The predicted octanol–water partition coefficient (Wildman–Crippen LogP) is 3.34. The maximum Gasteiger partial charge on any atom is 0.184 e. The first-order valence-electron chi connectivity index (χ1n) is 11.7. The van der Waals surface area contributed by atoms with Gasteiger partial charge in [-0.3, -0.25) is 5.43 Å². The average molecular weight is 487 g/mol. The zero-order valence-electron chi connectivity index (χ0n) is 19.5. The normalized spacial score (nSPS) is 18.0. The monoisotopic (exact) mass is 486 g/mol. The van der Waals surface area contributed by atoms with Crippen molar-refractivity contribution in [2.45, 2.75) is 19.3 Å². The van der Waals surface area contributed by atoms with Crippen LogP contribution in [0.2, 0.25) is 0 Å². The quantitative estimate of drug-likeness (QED) is 0.371. The number of nitrogens with one attached hydrogen (secondary N) is 1. The van der Waals surface area contributed by atoms with Gasteiger partial charge >= 0.3 is 0 Å². The third-order valence-electron chi connectivity index (χ3n) is 6.71. The van der Waals surface area contributed by atoms with E-state index in [0.717, 1.165) is 69.8 Å². The molecule has 2 saturated heterocycles. The number of nitrogens with zero attached hydrogens (tertiary/aromatic N) is 4. The molecule has 0 amide bonds. The molecule has 2 aliphatic rings. The SMILES string of the molecule is CN1CCN(c2cc(N3CCC(Cc4ccc(F)cc4)CC3)c(F)cc2C=NNC(N)=S)CC1. The smallest absolute Gasteiger partial charge is 0.184 e. The molecule has 0 saturated carbocycles. The molecule has 9 heteroatoms. The van der Waals surface area contributed by atoms with Gasteiger partial charge in [0.05, 0.1) is 11.9 Å². The summed E-state index contributed by atoms with van der Waals surface area (Å²) in [6.45, 7) is 5.21. The van der Waals surface area contributed by atoms with E-state index in [1.165, 1.54) is 12.1 Å². The topological polar surface area (TPSA) is 60.1 Å². The molecule has 2 fully saturated rings. The molecule has 3 N–H and O–H groups in total. The van der Waals surface area contributed by atoms with E-state index in [0.29, 0.717) is 17.2 Å². The molecular weight excluding hydrogens is 454 g/mol. The number of thiocarbonyl (C=S) groups is 1. The molecule has 0 spiro atoms. The molecular formula is C25H32F2N6S. The maximum atomic E-state index is 15.3. The maximum absolute atomic E-state index is 15.3. The summed E-state index contributed by atoms with van der Waals surface area (Å²) in [5.41, 5.74) is 11.5. The van der Waals surface area contributed by atoms with Gasteiger partial charge in [-0.05, 0) is 74.3 Å². The van der Waals surface area contributed by atoms with E-state index in [9.17, 15) is 4.39 Å². The summed E-state index contributed by atoms with van der Waals surface area (Å²) in [5, 5.41) is 4.14. The number of nitrogens with two attached hydrogens (primary N) is 1. The molecule has 0 atom stereocenters. The predicted molar refractivity (Wildman–Crippen MR) is 139 cm³/mol. The number of rotatable bonds is 6. The van der Waals surface area contributed by atoms with Crippen molar-refractivity contribution in [3.8, 4) is 0 Å². The minimum Gasteiger partial charge on any atom is -0.375 e. The number of piperidine rings is 1. The molecule has 2 aliphatic heterocycles. The van der Waals surface area contributed by atoms with E-state index < -0.39 is 0 Å². The summed E-state index contributed by atoms with van der Waals surface area (Å²) in [5.74, 6) is 0.0475. The molecule has 0 bridgehead atoms. The van der Waals surface area contributed by atoms with E-state index in [4.69, 9.17) is 18.0 Å². The molecule has 182 valence electrons. The second kappa shape index (κ2) is 11.1. The van der Waals surface area contributed by atoms with Gasteiger partial charge in [-0.25, -0.2) is 8.78 Å². The zero-order valence-corrected chi connectivity index (χ0v) is 20.3. The molecule has 4 rings (SSSR count).